The Kier molecular flexibility index (Phi) is 14.3. The first-order chi connectivity index (χ1) is 35.1. The third-order valence-corrected chi connectivity index (χ3v) is 11.2. The Morgan fingerprint density at radius 1 is 0.630 bits per heavy atom. The zero-order chi connectivity index (χ0) is 51.4. The summed E-state index contributed by atoms with van der Waals surface area (Å²) < 4.78 is 49.6. The van der Waals surface area contributed by atoms with E-state index in [0.29, 0.717) is 46.9 Å². The molecule has 11 rings (SSSR count). The molecular formula is C45H50N16O12. The Morgan fingerprint density at radius 2 is 1.12 bits per heavy atom. The van der Waals surface area contributed by atoms with Gasteiger partial charge in [0.15, 0.2) is 71.0 Å². The highest BCUT2D eigenvalue weighted by molar-refractivity contribution is 5.94. The van der Waals surface area contributed by atoms with E-state index in [1.807, 2.05) is 39.8 Å². The maximum absolute atomic E-state index is 12.6. The van der Waals surface area contributed by atoms with Crippen LogP contribution in [0.5, 0.6) is 11.5 Å². The van der Waals surface area contributed by atoms with Crippen molar-refractivity contribution in [3.8, 4) is 11.5 Å². The number of amides is 3. The Hall–Kier alpha value is -8.15. The number of carbonyl (C=O) groups is 4. The van der Waals surface area contributed by atoms with Crippen LogP contribution >= 0.6 is 0 Å². The number of nitrogens with two attached hydrogens (primary N) is 1. The standard InChI is InChI=1S/C22H24N6O6.C15H20N6O4.C8H6N4O2/c1-4-23-19(29)15-14-16(34-22(2,3)33-14)20(32-15)28-11-26-13-17(24-10-25-18(13)28)27-21(30)31-12-8-6-5-7-9-12;1-4-17-13(22)9-8-10(25-15(2,3)24-8)14(23-9)21-6-20-7-11(16)18-5-19-12(7)21;13-8(12-10-6-9-11-12)14-7-4-2-1-3-5-7/h5-11,14-16,20H,4H2,1-3H3,(H,23,29)(H,24,25,27,30);5-6,8-10,14H,4H2,1-3H3,(H,17,22)(H2,16,18,19);1-6H/t14-,15+,16-,20-;8-,9+,10-,14-;/m11./s1. The summed E-state index contributed by atoms with van der Waals surface area (Å²) in [6, 6.07) is 17.3. The average molecular weight is 1010 g/mol. The van der Waals surface area contributed by atoms with Crippen molar-refractivity contribution in [1.29, 1.82) is 0 Å². The van der Waals surface area contributed by atoms with E-state index >= 15 is 0 Å². The van der Waals surface area contributed by atoms with Gasteiger partial charge in [-0.3, -0.25) is 24.0 Å². The second-order valence-electron chi connectivity index (χ2n) is 17.2. The Labute approximate surface area is 414 Å². The molecule has 7 aromatic rings. The minimum atomic E-state index is -0.888. The van der Waals surface area contributed by atoms with Gasteiger partial charge in [-0.1, -0.05) is 41.2 Å². The molecule has 0 unspecified atom stereocenters. The van der Waals surface area contributed by atoms with Crippen LogP contribution in [0.4, 0.5) is 21.2 Å². The predicted octanol–water partition coefficient (Wildman–Crippen LogP) is 2.67. The predicted molar refractivity (Wildman–Crippen MR) is 250 cm³/mol. The van der Waals surface area contributed by atoms with Gasteiger partial charge in [0.05, 0.1) is 12.7 Å². The normalized spacial score (nSPS) is 24.0. The summed E-state index contributed by atoms with van der Waals surface area (Å²) in [5.74, 6) is -0.945. The number of hydrogen-bond donors (Lipinski definition) is 4. The van der Waals surface area contributed by atoms with E-state index in [1.54, 1.807) is 77.8 Å². The summed E-state index contributed by atoms with van der Waals surface area (Å²) >= 11 is 0. The van der Waals surface area contributed by atoms with Gasteiger partial charge in [0.1, 0.15) is 54.1 Å². The zero-order valence-corrected chi connectivity index (χ0v) is 40.0. The molecule has 0 spiro atoms. The van der Waals surface area contributed by atoms with Crippen LogP contribution in [0.15, 0.2) is 92.3 Å². The third-order valence-electron chi connectivity index (χ3n) is 11.2. The SMILES string of the molecule is CCNC(=O)[C@H]1O[C@@H](n2cnc3c(N)ncnc32)[C@@H]2OC(C)(C)O[C@@H]21.CCNC(=O)[C@H]1O[C@@H](n2cnc3c(NC(=O)Oc4ccccc4)ncnc32)[C@@H]2OC(C)(C)O[C@@H]21.O=C(Oc1ccccc1)n1ncnn1. The van der Waals surface area contributed by atoms with Crippen molar-refractivity contribution in [2.45, 2.75) is 102 Å². The number of rotatable bonds is 9. The molecular weight excluding hydrogens is 957 g/mol. The van der Waals surface area contributed by atoms with Gasteiger partial charge < -0.3 is 54.3 Å². The number of imidazole rings is 2. The fourth-order valence-corrected chi connectivity index (χ4v) is 8.36. The minimum Gasteiger partial charge on any atom is -0.410 e. The maximum Gasteiger partial charge on any atom is 0.459 e. The van der Waals surface area contributed by atoms with Crippen LogP contribution < -0.4 is 31.2 Å². The zero-order valence-electron chi connectivity index (χ0n) is 40.0. The van der Waals surface area contributed by atoms with Crippen LogP contribution in [-0.2, 0) is 38.0 Å². The van der Waals surface area contributed by atoms with Crippen molar-refractivity contribution in [2.75, 3.05) is 24.1 Å². The number of para-hydroxylation sites is 2. The van der Waals surface area contributed by atoms with E-state index in [-0.39, 0.29) is 23.5 Å². The molecule has 4 aliphatic heterocycles. The molecule has 3 amide bonds. The van der Waals surface area contributed by atoms with Gasteiger partial charge in [-0.05, 0) is 71.0 Å². The first kappa shape index (κ1) is 49.8. The van der Waals surface area contributed by atoms with Crippen LogP contribution in [0.2, 0.25) is 0 Å². The van der Waals surface area contributed by atoms with Gasteiger partial charge in [-0.15, -0.1) is 10.2 Å². The lowest BCUT2D eigenvalue weighted by molar-refractivity contribution is -0.198. The average Bonchev–Trinajstić information content (AvgIpc) is 4.24. The lowest BCUT2D eigenvalue weighted by atomic mass is 10.1. The highest BCUT2D eigenvalue weighted by atomic mass is 16.8. The fourth-order valence-electron chi connectivity index (χ4n) is 8.36. The molecule has 9 heterocycles. The van der Waals surface area contributed by atoms with Crippen LogP contribution in [0, 0.1) is 0 Å². The second-order valence-corrected chi connectivity index (χ2v) is 17.2. The summed E-state index contributed by atoms with van der Waals surface area (Å²) in [4.78, 5) is 74.6. The molecule has 5 aromatic heterocycles. The third kappa shape index (κ3) is 10.7. The highest BCUT2D eigenvalue weighted by Gasteiger charge is 2.59. The van der Waals surface area contributed by atoms with Gasteiger partial charge in [0.25, 0.3) is 11.8 Å². The Morgan fingerprint density at radius 3 is 1.64 bits per heavy atom. The number of anilines is 2. The van der Waals surface area contributed by atoms with E-state index in [1.165, 1.54) is 19.0 Å². The van der Waals surface area contributed by atoms with Gasteiger partial charge in [-0.25, -0.2) is 39.5 Å². The smallest absolute Gasteiger partial charge is 0.410 e. The number of tetrazole rings is 1. The van der Waals surface area contributed by atoms with Crippen molar-refractivity contribution in [3.63, 3.8) is 0 Å². The minimum absolute atomic E-state index is 0.170. The molecule has 5 N–H and O–H groups in total. The monoisotopic (exact) mass is 1010 g/mol. The molecule has 0 radical (unpaired) electrons. The van der Waals surface area contributed by atoms with Crippen molar-refractivity contribution >= 4 is 58.0 Å². The number of ether oxygens (including phenoxy) is 8. The summed E-state index contributed by atoms with van der Waals surface area (Å²) in [5, 5.41) is 18.4. The molecule has 2 aromatic carbocycles. The Balaban J connectivity index is 0.000000147. The van der Waals surface area contributed by atoms with Crippen LogP contribution in [0.25, 0.3) is 22.3 Å². The van der Waals surface area contributed by atoms with Gasteiger partial charge >= 0.3 is 12.2 Å². The van der Waals surface area contributed by atoms with Crippen molar-refractivity contribution < 1.29 is 57.1 Å². The molecule has 382 valence electrons. The largest absolute Gasteiger partial charge is 0.459 e. The molecule has 28 heteroatoms. The Bertz CT molecular complexity index is 3070. The maximum atomic E-state index is 12.6. The van der Waals surface area contributed by atoms with Gasteiger partial charge in [-0.2, -0.15) is 0 Å². The first-order valence-corrected chi connectivity index (χ1v) is 22.9. The lowest BCUT2D eigenvalue weighted by Crippen LogP contribution is -2.42. The topological polar surface area (TPSA) is 335 Å². The summed E-state index contributed by atoms with van der Waals surface area (Å²) in [7, 11) is 0. The van der Waals surface area contributed by atoms with E-state index in [0.717, 1.165) is 11.1 Å². The molecule has 4 saturated heterocycles. The van der Waals surface area contributed by atoms with Crippen LogP contribution in [0.3, 0.4) is 0 Å². The van der Waals surface area contributed by atoms with E-state index in [4.69, 9.17) is 43.6 Å². The molecule has 28 nitrogen and oxygen atoms in total. The highest BCUT2D eigenvalue weighted by Crippen LogP contribution is 2.45. The lowest BCUT2D eigenvalue weighted by Gasteiger charge is -2.24. The fraction of sp³-hybridized carbons (Fsp3) is 0.400. The number of likely N-dealkylation sites (N-methyl/N-ethyl adjacent to an activating group) is 2. The number of benzene rings is 2. The molecule has 0 aliphatic carbocycles. The van der Waals surface area contributed by atoms with Crippen molar-refractivity contribution in [2.24, 2.45) is 0 Å². The summed E-state index contributed by atoms with van der Waals surface area (Å²) in [6.07, 6.45) is 0.296. The van der Waals surface area contributed by atoms with Gasteiger partial charge in [0.2, 0.25) is 0 Å². The number of aromatic nitrogens is 12. The number of carbonyl (C=O) groups excluding carboxylic acids is 4. The molecule has 0 bridgehead atoms. The van der Waals surface area contributed by atoms with E-state index in [2.05, 4.69) is 61.3 Å². The number of nitrogens with zero attached hydrogens (tertiary/aromatic N) is 12. The van der Waals surface area contributed by atoms with Crippen molar-refractivity contribution in [3.05, 3.63) is 92.3 Å². The molecule has 0 saturated carbocycles. The van der Waals surface area contributed by atoms with Crippen molar-refractivity contribution in [1.82, 2.24) is 69.9 Å². The number of hydrogen-bond acceptors (Lipinski definition) is 22. The van der Waals surface area contributed by atoms with Gasteiger partial charge in [0, 0.05) is 13.1 Å². The quantitative estimate of drug-likeness (QED) is 0.161. The summed E-state index contributed by atoms with van der Waals surface area (Å²) in [5.41, 5.74) is 7.55. The first-order valence-electron chi connectivity index (χ1n) is 22.9. The van der Waals surface area contributed by atoms with E-state index in [9.17, 15) is 19.2 Å². The molecule has 73 heavy (non-hydrogen) atoms. The summed E-state index contributed by atoms with van der Waals surface area (Å²) in [6.45, 7) is 11.8. The molecule has 4 aliphatic rings. The second kappa shape index (κ2) is 20.9. The molecule has 4 fully saturated rings. The van der Waals surface area contributed by atoms with Crippen LogP contribution in [-0.4, -0.2) is 145 Å². The van der Waals surface area contributed by atoms with Crippen LogP contribution in [0.1, 0.15) is 54.0 Å². The number of nitrogens with one attached hydrogen (secondary N) is 3. The molecule has 8 atom stereocenters. The number of nitrogen functional groups attached to an aromatic ring is 1. The van der Waals surface area contributed by atoms with E-state index < -0.39 is 72.8 Å². The number of fused-ring (bicyclic) bond motifs is 4.